The molecule has 2 aromatic carbocycles. The van der Waals surface area contributed by atoms with Crippen molar-refractivity contribution in [2.75, 3.05) is 18.2 Å². The van der Waals surface area contributed by atoms with Crippen molar-refractivity contribution in [3.8, 4) is 17.0 Å². The Morgan fingerprint density at radius 3 is 2.50 bits per heavy atom. The summed E-state index contributed by atoms with van der Waals surface area (Å²) in [5.74, 6) is -0.806. The molecule has 0 aliphatic carbocycles. The van der Waals surface area contributed by atoms with Crippen LogP contribution < -0.4 is 10.1 Å². The molecular formula is C20H15F3N4O4S. The molecule has 1 N–H and O–H groups in total. The number of rotatable bonds is 7. The molecule has 1 heterocycles. The minimum absolute atomic E-state index is 0.0687. The van der Waals surface area contributed by atoms with Gasteiger partial charge in [-0.25, -0.2) is 9.97 Å². The van der Waals surface area contributed by atoms with E-state index in [9.17, 15) is 28.1 Å². The average molecular weight is 464 g/mol. The van der Waals surface area contributed by atoms with Crippen molar-refractivity contribution in [2.45, 2.75) is 11.3 Å². The number of benzene rings is 2. The van der Waals surface area contributed by atoms with Crippen LogP contribution in [0, 0.1) is 10.1 Å². The third kappa shape index (κ3) is 5.72. The Morgan fingerprint density at radius 1 is 1.16 bits per heavy atom. The van der Waals surface area contributed by atoms with Crippen LogP contribution in [0.2, 0.25) is 0 Å². The number of nitrogens with zero attached hydrogens (tertiary/aromatic N) is 3. The van der Waals surface area contributed by atoms with Crippen LogP contribution in [-0.2, 0) is 11.0 Å². The van der Waals surface area contributed by atoms with Crippen LogP contribution in [0.25, 0.3) is 11.3 Å². The van der Waals surface area contributed by atoms with E-state index in [1.165, 1.54) is 19.2 Å². The third-order valence-electron chi connectivity index (χ3n) is 4.07. The number of halogens is 3. The summed E-state index contributed by atoms with van der Waals surface area (Å²) in [5, 5.41) is 13.1. The lowest BCUT2D eigenvalue weighted by Crippen LogP contribution is -2.16. The minimum Gasteiger partial charge on any atom is -0.494 e. The fourth-order valence-electron chi connectivity index (χ4n) is 2.60. The number of nitrogens with one attached hydrogen (secondary N) is 1. The van der Waals surface area contributed by atoms with Gasteiger partial charge < -0.3 is 10.1 Å². The number of anilines is 1. The number of aromatic nitrogens is 2. The smallest absolute Gasteiger partial charge is 0.433 e. The van der Waals surface area contributed by atoms with Crippen LogP contribution in [-0.4, -0.2) is 33.7 Å². The molecule has 0 unspecified atom stereocenters. The van der Waals surface area contributed by atoms with E-state index in [1.807, 2.05) is 0 Å². The van der Waals surface area contributed by atoms with Crippen LogP contribution in [0.4, 0.5) is 24.5 Å². The second kappa shape index (κ2) is 9.64. The Kier molecular flexibility index (Phi) is 6.93. The first kappa shape index (κ1) is 23.0. The second-order valence-corrected chi connectivity index (χ2v) is 7.21. The first-order chi connectivity index (χ1) is 15.2. The summed E-state index contributed by atoms with van der Waals surface area (Å²) in [5.41, 5.74) is -0.611. The zero-order valence-electron chi connectivity index (χ0n) is 16.4. The third-order valence-corrected chi connectivity index (χ3v) is 4.92. The van der Waals surface area contributed by atoms with Crippen LogP contribution in [0.3, 0.4) is 0 Å². The largest absolute Gasteiger partial charge is 0.494 e. The lowest BCUT2D eigenvalue weighted by atomic mass is 10.1. The van der Waals surface area contributed by atoms with E-state index in [0.29, 0.717) is 5.56 Å². The normalized spacial score (nSPS) is 11.1. The van der Waals surface area contributed by atoms with E-state index in [-0.39, 0.29) is 33.7 Å². The van der Waals surface area contributed by atoms with Gasteiger partial charge in [-0.15, -0.1) is 0 Å². The van der Waals surface area contributed by atoms with Gasteiger partial charge in [0, 0.05) is 11.6 Å². The average Bonchev–Trinajstić information content (AvgIpc) is 2.77. The minimum atomic E-state index is -4.68. The quantitative estimate of drug-likeness (QED) is 0.231. The fourth-order valence-corrected chi connectivity index (χ4v) is 3.26. The van der Waals surface area contributed by atoms with Gasteiger partial charge in [0.2, 0.25) is 5.91 Å². The summed E-state index contributed by atoms with van der Waals surface area (Å²) in [4.78, 5) is 30.2. The Labute approximate surface area is 184 Å². The fraction of sp³-hybridized carbons (Fsp3) is 0.150. The molecule has 1 aromatic heterocycles. The topological polar surface area (TPSA) is 107 Å². The molecule has 12 heteroatoms. The van der Waals surface area contributed by atoms with Gasteiger partial charge in [-0.1, -0.05) is 42.1 Å². The molecule has 166 valence electrons. The van der Waals surface area contributed by atoms with E-state index in [1.54, 1.807) is 30.3 Å². The van der Waals surface area contributed by atoms with E-state index in [0.717, 1.165) is 23.9 Å². The number of methoxy groups -OCH3 is 1. The number of nitro groups is 1. The van der Waals surface area contributed by atoms with Gasteiger partial charge in [-0.3, -0.25) is 14.9 Å². The van der Waals surface area contributed by atoms with E-state index >= 15 is 0 Å². The maximum Gasteiger partial charge on any atom is 0.433 e. The lowest BCUT2D eigenvalue weighted by Gasteiger charge is -2.11. The van der Waals surface area contributed by atoms with Gasteiger partial charge in [0.15, 0.2) is 5.16 Å². The van der Waals surface area contributed by atoms with Crippen molar-refractivity contribution in [3.63, 3.8) is 0 Å². The van der Waals surface area contributed by atoms with Gasteiger partial charge in [0.1, 0.15) is 11.4 Å². The molecule has 0 bridgehead atoms. The summed E-state index contributed by atoms with van der Waals surface area (Å²) < 4.78 is 44.9. The van der Waals surface area contributed by atoms with Crippen LogP contribution in [0.15, 0.2) is 59.8 Å². The summed E-state index contributed by atoms with van der Waals surface area (Å²) in [7, 11) is 1.28. The van der Waals surface area contributed by atoms with Crippen molar-refractivity contribution in [1.82, 2.24) is 9.97 Å². The monoisotopic (exact) mass is 464 g/mol. The van der Waals surface area contributed by atoms with E-state index in [2.05, 4.69) is 15.3 Å². The van der Waals surface area contributed by atoms with Gasteiger partial charge in [0.25, 0.3) is 5.69 Å². The predicted molar refractivity (Wildman–Crippen MR) is 111 cm³/mol. The summed E-state index contributed by atoms with van der Waals surface area (Å²) in [6.45, 7) is 0. The summed E-state index contributed by atoms with van der Waals surface area (Å²) in [6.07, 6.45) is -4.68. The highest BCUT2D eigenvalue weighted by Gasteiger charge is 2.34. The molecule has 32 heavy (non-hydrogen) atoms. The molecule has 0 radical (unpaired) electrons. The highest BCUT2D eigenvalue weighted by Crippen LogP contribution is 2.32. The highest BCUT2D eigenvalue weighted by atomic mass is 32.2. The highest BCUT2D eigenvalue weighted by molar-refractivity contribution is 7.99. The van der Waals surface area contributed by atoms with E-state index in [4.69, 9.17) is 4.74 Å². The van der Waals surface area contributed by atoms with Crippen LogP contribution in [0.1, 0.15) is 5.69 Å². The standard InChI is InChI=1S/C20H15F3N4O4S/c1-31-16-9-13(27(29)30)7-8-14(16)24-18(28)11-32-19-25-15(12-5-3-2-4-6-12)10-17(26-19)20(21,22)23/h2-10H,11H2,1H3,(H,24,28). The first-order valence-corrected chi connectivity index (χ1v) is 9.92. The number of carbonyl (C=O) groups is 1. The lowest BCUT2D eigenvalue weighted by molar-refractivity contribution is -0.384. The Morgan fingerprint density at radius 2 is 1.88 bits per heavy atom. The molecule has 3 aromatic rings. The molecule has 0 fully saturated rings. The number of ether oxygens (including phenoxy) is 1. The SMILES string of the molecule is COc1cc([N+](=O)[O-])ccc1NC(=O)CSc1nc(-c2ccccc2)cc(C(F)(F)F)n1. The number of carbonyl (C=O) groups excluding carboxylic acids is 1. The van der Waals surface area contributed by atoms with Crippen LogP contribution >= 0.6 is 11.8 Å². The van der Waals surface area contributed by atoms with Crippen molar-refractivity contribution in [3.05, 3.63) is 70.4 Å². The Hall–Kier alpha value is -3.67. The number of hydrogen-bond acceptors (Lipinski definition) is 7. The molecule has 0 saturated heterocycles. The second-order valence-electron chi connectivity index (χ2n) is 6.26. The molecule has 0 spiro atoms. The van der Waals surface area contributed by atoms with E-state index < -0.39 is 22.7 Å². The van der Waals surface area contributed by atoms with Crippen LogP contribution in [0.5, 0.6) is 5.75 Å². The van der Waals surface area contributed by atoms with Gasteiger partial charge >= 0.3 is 6.18 Å². The number of hydrogen-bond donors (Lipinski definition) is 1. The van der Waals surface area contributed by atoms with Crippen molar-refractivity contribution >= 4 is 29.0 Å². The molecular weight excluding hydrogens is 449 g/mol. The number of non-ortho nitro benzene ring substituents is 1. The maximum absolute atomic E-state index is 13.3. The number of thioether (sulfide) groups is 1. The number of amides is 1. The number of nitro benzene ring substituents is 1. The number of alkyl halides is 3. The molecule has 0 aliphatic heterocycles. The summed E-state index contributed by atoms with van der Waals surface area (Å²) in [6, 6.07) is 12.8. The Balaban J connectivity index is 1.78. The predicted octanol–water partition coefficient (Wildman–Crippen LogP) is 4.81. The Bertz CT molecular complexity index is 1140. The van der Waals surface area contributed by atoms with Gasteiger partial charge in [-0.2, -0.15) is 13.2 Å². The van der Waals surface area contributed by atoms with Crippen molar-refractivity contribution in [2.24, 2.45) is 0 Å². The zero-order chi connectivity index (χ0) is 23.3. The molecule has 0 saturated carbocycles. The molecule has 0 aliphatic rings. The molecule has 1 amide bonds. The molecule has 8 nitrogen and oxygen atoms in total. The maximum atomic E-state index is 13.3. The first-order valence-electron chi connectivity index (χ1n) is 8.94. The van der Waals surface area contributed by atoms with Crippen molar-refractivity contribution in [1.29, 1.82) is 0 Å². The van der Waals surface area contributed by atoms with Gasteiger partial charge in [-0.05, 0) is 12.1 Å². The molecule has 0 atom stereocenters. The van der Waals surface area contributed by atoms with Gasteiger partial charge in [0.05, 0.1) is 35.2 Å². The molecule has 3 rings (SSSR count). The zero-order valence-corrected chi connectivity index (χ0v) is 17.2. The van der Waals surface area contributed by atoms with Crippen molar-refractivity contribution < 1.29 is 27.6 Å². The summed E-state index contributed by atoms with van der Waals surface area (Å²) >= 11 is 0.725.